The zero-order valence-electron chi connectivity index (χ0n) is 16.3. The van der Waals surface area contributed by atoms with Crippen LogP contribution in [0.5, 0.6) is 5.75 Å². The molecule has 0 bridgehead atoms. The van der Waals surface area contributed by atoms with Crippen LogP contribution in [0, 0.1) is 12.8 Å². The van der Waals surface area contributed by atoms with Crippen molar-refractivity contribution in [2.24, 2.45) is 5.92 Å². The lowest BCUT2D eigenvalue weighted by atomic mass is 10.1. The fourth-order valence-electron chi connectivity index (χ4n) is 2.18. The van der Waals surface area contributed by atoms with Crippen molar-refractivity contribution >= 4 is 5.91 Å². The van der Waals surface area contributed by atoms with Crippen molar-refractivity contribution in [2.75, 3.05) is 7.11 Å². The maximum absolute atomic E-state index is 11.8. The zero-order chi connectivity index (χ0) is 18.4. The highest BCUT2D eigenvalue weighted by atomic mass is 16.5. The van der Waals surface area contributed by atoms with Gasteiger partial charge in [0.15, 0.2) is 0 Å². The summed E-state index contributed by atoms with van der Waals surface area (Å²) in [7, 11) is 1.67. The van der Waals surface area contributed by atoms with E-state index < -0.39 is 0 Å². The first-order valence-corrected chi connectivity index (χ1v) is 9.09. The quantitative estimate of drug-likeness (QED) is 0.484. The Morgan fingerprint density at radius 2 is 1.96 bits per heavy atom. The molecule has 0 saturated heterocycles. The molecular weight excluding hydrogens is 298 g/mol. The van der Waals surface area contributed by atoms with E-state index in [0.29, 0.717) is 18.9 Å². The summed E-state index contributed by atoms with van der Waals surface area (Å²) in [5.74, 6) is 1.59. The van der Waals surface area contributed by atoms with Crippen LogP contribution < -0.4 is 10.1 Å². The molecule has 3 nitrogen and oxygen atoms in total. The predicted octanol–water partition coefficient (Wildman–Crippen LogP) is 5.42. The predicted molar refractivity (Wildman–Crippen MR) is 103 cm³/mol. The second-order valence-corrected chi connectivity index (χ2v) is 6.00. The minimum Gasteiger partial charge on any atom is -0.496 e. The third kappa shape index (κ3) is 10.1. The summed E-state index contributed by atoms with van der Waals surface area (Å²) in [5, 5.41) is 2.97. The molecule has 136 valence electrons. The average molecular weight is 334 g/mol. The maximum Gasteiger partial charge on any atom is 0.220 e. The van der Waals surface area contributed by atoms with Crippen LogP contribution in [0.1, 0.15) is 64.5 Å². The van der Waals surface area contributed by atoms with Crippen LogP contribution in [0.3, 0.4) is 0 Å². The largest absolute Gasteiger partial charge is 0.496 e. The summed E-state index contributed by atoms with van der Waals surface area (Å²) >= 11 is 0. The van der Waals surface area contributed by atoms with Crippen LogP contribution in [0.15, 0.2) is 30.4 Å². The number of hydrogen-bond acceptors (Lipinski definition) is 2. The van der Waals surface area contributed by atoms with Gasteiger partial charge in [0.25, 0.3) is 0 Å². The fraction of sp³-hybridized carbons (Fsp3) is 0.571. The molecule has 1 rings (SSSR count). The monoisotopic (exact) mass is 333 g/mol. The molecule has 0 unspecified atom stereocenters. The van der Waals surface area contributed by atoms with Gasteiger partial charge in [-0.15, -0.1) is 0 Å². The Labute approximate surface area is 148 Å². The zero-order valence-corrected chi connectivity index (χ0v) is 16.3. The van der Waals surface area contributed by atoms with Crippen LogP contribution >= 0.6 is 0 Å². The third-order valence-electron chi connectivity index (χ3n) is 3.51. The van der Waals surface area contributed by atoms with Crippen molar-refractivity contribution in [3.63, 3.8) is 0 Å². The van der Waals surface area contributed by atoms with Gasteiger partial charge in [-0.1, -0.05) is 52.0 Å². The molecule has 0 aliphatic rings. The van der Waals surface area contributed by atoms with E-state index >= 15 is 0 Å². The molecular formula is C21H35NO2. The van der Waals surface area contributed by atoms with Gasteiger partial charge in [0.2, 0.25) is 5.91 Å². The summed E-state index contributed by atoms with van der Waals surface area (Å²) in [6, 6.07) is 6.02. The summed E-state index contributed by atoms with van der Waals surface area (Å²) in [6.45, 7) is 10.9. The molecule has 0 spiro atoms. The Hall–Kier alpha value is -1.77. The highest BCUT2D eigenvalue weighted by Crippen LogP contribution is 2.18. The molecule has 3 heteroatoms. The minimum absolute atomic E-state index is 0.118. The van der Waals surface area contributed by atoms with Crippen LogP contribution in [-0.2, 0) is 11.3 Å². The van der Waals surface area contributed by atoms with E-state index in [1.54, 1.807) is 7.11 Å². The van der Waals surface area contributed by atoms with Gasteiger partial charge >= 0.3 is 0 Å². The Kier molecular flexibility index (Phi) is 12.6. The second-order valence-electron chi connectivity index (χ2n) is 6.00. The van der Waals surface area contributed by atoms with Gasteiger partial charge in [0, 0.05) is 13.0 Å². The lowest BCUT2D eigenvalue weighted by Gasteiger charge is -2.09. The maximum atomic E-state index is 11.8. The molecule has 0 fully saturated rings. The van der Waals surface area contributed by atoms with Crippen molar-refractivity contribution in [2.45, 2.75) is 66.8 Å². The highest BCUT2D eigenvalue weighted by Gasteiger charge is 2.03. The molecule has 1 aromatic carbocycles. The number of hydrogen-bond donors (Lipinski definition) is 1. The van der Waals surface area contributed by atoms with E-state index in [1.165, 1.54) is 0 Å². The van der Waals surface area contributed by atoms with E-state index in [0.717, 1.165) is 36.1 Å². The number of nitrogens with one attached hydrogen (secondary N) is 1. The first-order valence-electron chi connectivity index (χ1n) is 9.09. The molecule has 1 amide bonds. The van der Waals surface area contributed by atoms with E-state index in [9.17, 15) is 4.79 Å². The number of unbranched alkanes of at least 4 members (excludes halogenated alkanes) is 2. The topological polar surface area (TPSA) is 38.3 Å². The highest BCUT2D eigenvalue weighted by molar-refractivity contribution is 5.75. The van der Waals surface area contributed by atoms with Gasteiger partial charge < -0.3 is 10.1 Å². The van der Waals surface area contributed by atoms with Gasteiger partial charge in [-0.05, 0) is 49.3 Å². The molecule has 0 heterocycles. The van der Waals surface area contributed by atoms with E-state index in [2.05, 4.69) is 31.3 Å². The Morgan fingerprint density at radius 1 is 1.25 bits per heavy atom. The summed E-state index contributed by atoms with van der Waals surface area (Å²) < 4.78 is 5.29. The standard InChI is InChI=1S/C19H29NO2.C2H6/c1-15(2)9-7-5-6-8-10-19(21)20-14-17-12-11-16(3)18(13-17)22-4;1-2/h7,9,11-13,15H,5-6,8,10,14H2,1-4H3,(H,20,21);1-2H3/b9-7+;. The van der Waals surface area contributed by atoms with Crippen LogP contribution in [0.25, 0.3) is 0 Å². The number of methoxy groups -OCH3 is 1. The lowest BCUT2D eigenvalue weighted by Crippen LogP contribution is -2.22. The number of amides is 1. The number of allylic oxidation sites excluding steroid dienone is 2. The number of carbonyl (C=O) groups excluding carboxylic acids is 1. The van der Waals surface area contributed by atoms with Crippen LogP contribution in [-0.4, -0.2) is 13.0 Å². The van der Waals surface area contributed by atoms with Crippen molar-refractivity contribution in [3.05, 3.63) is 41.5 Å². The number of ether oxygens (including phenoxy) is 1. The van der Waals surface area contributed by atoms with Gasteiger partial charge in [-0.25, -0.2) is 0 Å². The fourth-order valence-corrected chi connectivity index (χ4v) is 2.18. The lowest BCUT2D eigenvalue weighted by molar-refractivity contribution is -0.121. The molecule has 1 N–H and O–H groups in total. The first-order chi connectivity index (χ1) is 11.5. The van der Waals surface area contributed by atoms with Gasteiger partial charge in [0.1, 0.15) is 5.75 Å². The second kappa shape index (κ2) is 13.6. The molecule has 24 heavy (non-hydrogen) atoms. The van der Waals surface area contributed by atoms with Gasteiger partial charge in [-0.2, -0.15) is 0 Å². The molecule has 0 atom stereocenters. The van der Waals surface area contributed by atoms with Crippen molar-refractivity contribution < 1.29 is 9.53 Å². The number of benzene rings is 1. The SMILES string of the molecule is CC.COc1cc(CNC(=O)CCCC/C=C/C(C)C)ccc1C. The normalized spacial score (nSPS) is 10.5. The van der Waals surface area contributed by atoms with E-state index in [1.807, 2.05) is 39.0 Å². The number of rotatable bonds is 9. The molecule has 0 radical (unpaired) electrons. The summed E-state index contributed by atoms with van der Waals surface area (Å²) in [6.07, 6.45) is 8.08. The van der Waals surface area contributed by atoms with Crippen molar-refractivity contribution in [1.82, 2.24) is 5.32 Å². The molecule has 0 aromatic heterocycles. The molecule has 1 aromatic rings. The minimum atomic E-state index is 0.118. The van der Waals surface area contributed by atoms with Crippen LogP contribution in [0.4, 0.5) is 0 Å². The molecule has 0 aliphatic heterocycles. The average Bonchev–Trinajstić information content (AvgIpc) is 2.58. The third-order valence-corrected chi connectivity index (χ3v) is 3.51. The molecule has 0 aliphatic carbocycles. The first kappa shape index (κ1) is 22.2. The summed E-state index contributed by atoms with van der Waals surface area (Å²) in [4.78, 5) is 11.8. The summed E-state index contributed by atoms with van der Waals surface area (Å²) in [5.41, 5.74) is 2.17. The van der Waals surface area contributed by atoms with Gasteiger partial charge in [-0.3, -0.25) is 4.79 Å². The van der Waals surface area contributed by atoms with Crippen molar-refractivity contribution in [3.8, 4) is 5.75 Å². The van der Waals surface area contributed by atoms with Crippen LogP contribution in [0.2, 0.25) is 0 Å². The Balaban J connectivity index is 0.00000254. The van der Waals surface area contributed by atoms with E-state index in [4.69, 9.17) is 4.74 Å². The molecule has 0 saturated carbocycles. The number of carbonyl (C=O) groups is 1. The van der Waals surface area contributed by atoms with Gasteiger partial charge in [0.05, 0.1) is 7.11 Å². The smallest absolute Gasteiger partial charge is 0.220 e. The van der Waals surface area contributed by atoms with E-state index in [-0.39, 0.29) is 5.91 Å². The number of aryl methyl sites for hydroxylation is 1. The van der Waals surface area contributed by atoms with Crippen molar-refractivity contribution in [1.29, 1.82) is 0 Å². The Morgan fingerprint density at radius 3 is 2.58 bits per heavy atom. The Bertz CT molecular complexity index is 493.